The lowest BCUT2D eigenvalue weighted by atomic mass is 10.4. The summed E-state index contributed by atoms with van der Waals surface area (Å²) in [5, 5.41) is 2.47. The molecule has 0 unspecified atom stereocenters. The van der Waals surface area contributed by atoms with Gasteiger partial charge in [0.25, 0.3) is 0 Å². The standard InChI is InChI=1S/C10H8F6N4O2S2/c1-23-4-3(17-6(21)9(11,12)13)5(24-2)19-8(18-4)20-7(22)10(14,15)16/h1-2H3,(H,17,21)(H,18,19,20,22). The molecule has 1 rings (SSSR count). The molecule has 24 heavy (non-hydrogen) atoms. The third-order valence-electron chi connectivity index (χ3n) is 2.21. The van der Waals surface area contributed by atoms with Crippen LogP contribution in [0.4, 0.5) is 38.0 Å². The summed E-state index contributed by atoms with van der Waals surface area (Å²) in [4.78, 5) is 28.9. The summed E-state index contributed by atoms with van der Waals surface area (Å²) in [7, 11) is 0. The molecule has 2 amide bonds. The van der Waals surface area contributed by atoms with Gasteiger partial charge in [0.2, 0.25) is 5.95 Å². The zero-order chi connectivity index (χ0) is 18.7. The first-order chi connectivity index (χ1) is 10.9. The van der Waals surface area contributed by atoms with Crippen molar-refractivity contribution >= 4 is 47.0 Å². The highest BCUT2D eigenvalue weighted by atomic mass is 32.2. The molecule has 0 aromatic carbocycles. The van der Waals surface area contributed by atoms with Crippen molar-refractivity contribution < 1.29 is 35.9 Å². The Balaban J connectivity index is 3.24. The molecule has 134 valence electrons. The van der Waals surface area contributed by atoms with Crippen molar-refractivity contribution in [1.29, 1.82) is 0 Å². The van der Waals surface area contributed by atoms with Crippen LogP contribution in [0.25, 0.3) is 0 Å². The molecule has 0 saturated heterocycles. The number of carbonyl (C=O) groups is 2. The van der Waals surface area contributed by atoms with Gasteiger partial charge in [-0.25, -0.2) is 9.97 Å². The van der Waals surface area contributed by atoms with Gasteiger partial charge < -0.3 is 5.32 Å². The van der Waals surface area contributed by atoms with Crippen LogP contribution in [0.3, 0.4) is 0 Å². The summed E-state index contributed by atoms with van der Waals surface area (Å²) in [5.74, 6) is -5.38. The SMILES string of the molecule is CSc1nc(NC(=O)C(F)(F)F)nc(SC)c1NC(=O)C(F)(F)F. The Morgan fingerprint density at radius 3 is 1.54 bits per heavy atom. The quantitative estimate of drug-likeness (QED) is 0.464. The summed E-state index contributed by atoms with van der Waals surface area (Å²) in [6, 6.07) is 0. The Morgan fingerprint density at radius 1 is 0.833 bits per heavy atom. The lowest BCUT2D eigenvalue weighted by Crippen LogP contribution is -2.32. The van der Waals surface area contributed by atoms with Crippen LogP contribution < -0.4 is 10.6 Å². The summed E-state index contributed by atoms with van der Waals surface area (Å²) >= 11 is 1.49. The van der Waals surface area contributed by atoms with Crippen molar-refractivity contribution in [2.75, 3.05) is 23.1 Å². The van der Waals surface area contributed by atoms with Crippen molar-refractivity contribution in [2.24, 2.45) is 0 Å². The normalized spacial score (nSPS) is 12.0. The average Bonchev–Trinajstić information content (AvgIpc) is 2.45. The molecule has 0 aliphatic heterocycles. The highest BCUT2D eigenvalue weighted by Crippen LogP contribution is 2.34. The number of anilines is 2. The number of halogens is 6. The molecule has 0 atom stereocenters. The van der Waals surface area contributed by atoms with Crippen LogP contribution in [0.2, 0.25) is 0 Å². The molecule has 0 fully saturated rings. The van der Waals surface area contributed by atoms with E-state index in [0.29, 0.717) is 0 Å². The number of alkyl halides is 6. The fraction of sp³-hybridized carbons (Fsp3) is 0.400. The van der Waals surface area contributed by atoms with Crippen LogP contribution >= 0.6 is 23.5 Å². The topological polar surface area (TPSA) is 84.0 Å². The fourth-order valence-electron chi connectivity index (χ4n) is 1.24. The summed E-state index contributed by atoms with van der Waals surface area (Å²) in [6.07, 6.45) is -7.63. The smallest absolute Gasteiger partial charge is 0.314 e. The van der Waals surface area contributed by atoms with Gasteiger partial charge in [0.15, 0.2) is 0 Å². The van der Waals surface area contributed by atoms with Crippen molar-refractivity contribution in [3.8, 4) is 0 Å². The van der Waals surface area contributed by atoms with E-state index in [2.05, 4.69) is 9.97 Å². The predicted molar refractivity (Wildman–Crippen MR) is 75.0 cm³/mol. The van der Waals surface area contributed by atoms with Gasteiger partial charge in [-0.05, 0) is 12.5 Å². The molecule has 6 nitrogen and oxygen atoms in total. The lowest BCUT2D eigenvalue weighted by Gasteiger charge is -2.15. The molecule has 14 heteroatoms. The molecule has 2 N–H and O–H groups in total. The molecular formula is C10H8F6N4O2S2. The maximum atomic E-state index is 12.3. The van der Waals surface area contributed by atoms with E-state index in [4.69, 9.17) is 0 Å². The van der Waals surface area contributed by atoms with Crippen LogP contribution in [0.5, 0.6) is 0 Å². The highest BCUT2D eigenvalue weighted by Gasteiger charge is 2.41. The molecule has 0 bridgehead atoms. The van der Waals surface area contributed by atoms with E-state index in [1.807, 2.05) is 0 Å². The molecule has 0 aliphatic carbocycles. The molecule has 0 aliphatic rings. The monoisotopic (exact) mass is 394 g/mol. The van der Waals surface area contributed by atoms with E-state index in [-0.39, 0.29) is 10.1 Å². The molecule has 0 radical (unpaired) electrons. The van der Waals surface area contributed by atoms with Gasteiger partial charge in [0, 0.05) is 0 Å². The number of nitrogens with zero attached hydrogens (tertiary/aromatic N) is 2. The summed E-state index contributed by atoms with van der Waals surface area (Å²) in [6.45, 7) is 0. The molecule has 1 heterocycles. The van der Waals surface area contributed by atoms with Gasteiger partial charge >= 0.3 is 24.2 Å². The van der Waals surface area contributed by atoms with Gasteiger partial charge in [-0.2, -0.15) is 26.3 Å². The Hall–Kier alpha value is -1.70. The molecular weight excluding hydrogens is 386 g/mol. The van der Waals surface area contributed by atoms with E-state index in [9.17, 15) is 35.9 Å². The Bertz CT molecular complexity index is 624. The van der Waals surface area contributed by atoms with Gasteiger partial charge in [0.1, 0.15) is 15.7 Å². The number of hydrogen-bond acceptors (Lipinski definition) is 6. The van der Waals surface area contributed by atoms with E-state index < -0.39 is 35.8 Å². The Kier molecular flexibility index (Phi) is 6.32. The Morgan fingerprint density at radius 2 is 1.21 bits per heavy atom. The van der Waals surface area contributed by atoms with Crippen molar-refractivity contribution in [1.82, 2.24) is 9.97 Å². The predicted octanol–water partition coefficient (Wildman–Crippen LogP) is 2.92. The first kappa shape index (κ1) is 20.3. The molecule has 0 spiro atoms. The van der Waals surface area contributed by atoms with Crippen LogP contribution in [-0.2, 0) is 9.59 Å². The van der Waals surface area contributed by atoms with Crippen LogP contribution in [-0.4, -0.2) is 46.6 Å². The van der Waals surface area contributed by atoms with Gasteiger partial charge in [-0.15, -0.1) is 23.5 Å². The second-order valence-electron chi connectivity index (χ2n) is 3.84. The minimum Gasteiger partial charge on any atom is -0.314 e. The molecule has 1 aromatic rings. The van der Waals surface area contributed by atoms with Crippen LogP contribution in [0.1, 0.15) is 0 Å². The number of thioether (sulfide) groups is 2. The number of rotatable bonds is 4. The zero-order valence-corrected chi connectivity index (χ0v) is 13.4. The maximum absolute atomic E-state index is 12.3. The van der Waals surface area contributed by atoms with Gasteiger partial charge in [-0.3, -0.25) is 14.9 Å². The number of aromatic nitrogens is 2. The van der Waals surface area contributed by atoms with Crippen LogP contribution in [0.15, 0.2) is 10.1 Å². The zero-order valence-electron chi connectivity index (χ0n) is 11.8. The van der Waals surface area contributed by atoms with E-state index in [0.717, 1.165) is 23.5 Å². The number of hydrogen-bond donors (Lipinski definition) is 2. The van der Waals surface area contributed by atoms with Crippen molar-refractivity contribution in [3.63, 3.8) is 0 Å². The second-order valence-corrected chi connectivity index (χ2v) is 5.43. The van der Waals surface area contributed by atoms with Gasteiger partial charge in [-0.1, -0.05) is 0 Å². The first-order valence-electron chi connectivity index (χ1n) is 5.66. The number of carbonyl (C=O) groups excluding carboxylic acids is 2. The largest absolute Gasteiger partial charge is 0.471 e. The highest BCUT2D eigenvalue weighted by molar-refractivity contribution is 7.99. The van der Waals surface area contributed by atoms with Crippen molar-refractivity contribution in [3.05, 3.63) is 0 Å². The van der Waals surface area contributed by atoms with E-state index in [1.165, 1.54) is 17.8 Å². The third kappa shape index (κ3) is 5.15. The fourth-order valence-corrected chi connectivity index (χ4v) is 2.36. The van der Waals surface area contributed by atoms with E-state index >= 15 is 0 Å². The van der Waals surface area contributed by atoms with Crippen molar-refractivity contribution in [2.45, 2.75) is 22.4 Å². The summed E-state index contributed by atoms with van der Waals surface area (Å²) in [5.41, 5.74) is -0.415. The summed E-state index contributed by atoms with van der Waals surface area (Å²) < 4.78 is 73.7. The molecule has 0 saturated carbocycles. The third-order valence-corrected chi connectivity index (χ3v) is 3.57. The number of nitrogens with one attached hydrogen (secondary N) is 2. The lowest BCUT2D eigenvalue weighted by molar-refractivity contribution is -0.167. The average molecular weight is 394 g/mol. The van der Waals surface area contributed by atoms with Crippen LogP contribution in [0, 0.1) is 0 Å². The van der Waals surface area contributed by atoms with Gasteiger partial charge in [0.05, 0.1) is 0 Å². The minimum atomic E-state index is -5.19. The maximum Gasteiger partial charge on any atom is 0.471 e. The Labute approximate surface area is 139 Å². The first-order valence-corrected chi connectivity index (χ1v) is 8.11. The van der Waals surface area contributed by atoms with E-state index in [1.54, 1.807) is 5.32 Å². The minimum absolute atomic E-state index is 0.246. The molecule has 1 aromatic heterocycles. The second kappa shape index (κ2) is 7.46. The number of amides is 2.